The monoisotopic (exact) mass is 1060 g/mol. The maximum Gasteiger partial charge on any atom is 0.170 e. The molecule has 0 fully saturated rings. The van der Waals surface area contributed by atoms with Crippen LogP contribution in [0.1, 0.15) is 263 Å². The van der Waals surface area contributed by atoms with Crippen molar-refractivity contribution < 1.29 is 8.78 Å². The Morgan fingerprint density at radius 1 is 0.417 bits per heavy atom. The maximum absolute atomic E-state index is 16.7. The van der Waals surface area contributed by atoms with E-state index >= 15 is 8.78 Å². The molecular formula is C63H91F2N3S4. The van der Waals surface area contributed by atoms with Crippen LogP contribution in [0.5, 0.6) is 0 Å². The molecule has 0 bridgehead atoms. The van der Waals surface area contributed by atoms with Crippen LogP contribution in [-0.4, -0.2) is 15.0 Å². The van der Waals surface area contributed by atoms with E-state index in [-0.39, 0.29) is 16.5 Å². The van der Waals surface area contributed by atoms with Gasteiger partial charge in [0.15, 0.2) is 11.6 Å². The van der Waals surface area contributed by atoms with Gasteiger partial charge in [0, 0.05) is 34.7 Å². The fourth-order valence-electron chi connectivity index (χ4n) is 11.7. The van der Waals surface area contributed by atoms with Crippen LogP contribution in [0.2, 0.25) is 0 Å². The summed E-state index contributed by atoms with van der Waals surface area (Å²) >= 11 is 6.81. The van der Waals surface area contributed by atoms with Crippen LogP contribution in [0.25, 0.3) is 51.4 Å². The van der Waals surface area contributed by atoms with Crippen LogP contribution >= 0.6 is 45.3 Å². The summed E-state index contributed by atoms with van der Waals surface area (Å²) in [4.78, 5) is 8.33. The molecule has 6 aromatic rings. The second kappa shape index (κ2) is 31.4. The topological polar surface area (TPSA) is 30.7 Å². The average Bonchev–Trinajstić information content (AvgIpc) is 4.26. The highest BCUT2D eigenvalue weighted by atomic mass is 32.1. The number of aryl methyl sites for hydroxylation is 1. The number of nitrogens with zero attached hydrogens (tertiary/aromatic N) is 3. The molecule has 1 aromatic carbocycles. The van der Waals surface area contributed by atoms with E-state index in [0.29, 0.717) is 27.3 Å². The molecule has 0 N–H and O–H groups in total. The Bertz CT molecular complexity index is 2390. The molecule has 0 amide bonds. The van der Waals surface area contributed by atoms with E-state index < -0.39 is 11.6 Å². The Balaban J connectivity index is 1.04. The van der Waals surface area contributed by atoms with Gasteiger partial charge >= 0.3 is 0 Å². The molecule has 5 aromatic heterocycles. The van der Waals surface area contributed by atoms with Gasteiger partial charge in [-0.1, -0.05) is 239 Å². The van der Waals surface area contributed by atoms with Gasteiger partial charge in [-0.3, -0.25) is 0 Å². The highest BCUT2D eigenvalue weighted by Gasteiger charge is 2.45. The molecule has 3 nitrogen and oxygen atoms in total. The lowest BCUT2D eigenvalue weighted by Gasteiger charge is -2.31. The van der Waals surface area contributed by atoms with Crippen molar-refractivity contribution in [3.8, 4) is 40.4 Å². The Morgan fingerprint density at radius 3 is 1.33 bits per heavy atom. The van der Waals surface area contributed by atoms with Crippen molar-refractivity contribution in [1.82, 2.24) is 15.0 Å². The van der Waals surface area contributed by atoms with E-state index in [2.05, 4.69) is 44.4 Å². The highest BCUT2D eigenvalue weighted by molar-refractivity contribution is 7.27. The number of aromatic nitrogens is 3. The van der Waals surface area contributed by atoms with E-state index in [0.717, 1.165) is 17.7 Å². The molecule has 7 rings (SSSR count). The second-order valence-electron chi connectivity index (χ2n) is 21.6. The first-order valence-corrected chi connectivity index (χ1v) is 33.0. The van der Waals surface area contributed by atoms with Gasteiger partial charge in [-0.05, 0) is 71.5 Å². The molecule has 5 heterocycles. The van der Waals surface area contributed by atoms with Gasteiger partial charge in [0.25, 0.3) is 0 Å². The van der Waals surface area contributed by atoms with Crippen LogP contribution in [0.15, 0.2) is 47.2 Å². The predicted octanol–water partition coefficient (Wildman–Crippen LogP) is 23.3. The van der Waals surface area contributed by atoms with E-state index in [4.69, 9.17) is 10.2 Å². The standard InChI is InChI=1S/C63H91F2N3S4/c1-4-7-10-13-16-18-20-22-24-26-28-30-32-35-43-63(44-36-33-31-29-27-25-23-21-19-17-14-11-8-5-2)49-42-47-70-61(49)62-50(63)48-54(72-62)51-40-41-53(71-51)56-58(65)57(64)55(52-39-38-46-69-52)59-60(56)67-68(66-59)45-37-34-15-12-9-6-3/h38-42,46-48H,4-37,43-45H2,1-3H3. The summed E-state index contributed by atoms with van der Waals surface area (Å²) in [5.41, 5.74) is 4.51. The fourth-order valence-corrected chi connectivity index (χ4v) is 16.0. The summed E-state index contributed by atoms with van der Waals surface area (Å²) in [6.07, 6.45) is 47.9. The number of fused-ring (bicyclic) bond motifs is 4. The molecule has 0 radical (unpaired) electrons. The molecule has 0 saturated heterocycles. The lowest BCUT2D eigenvalue weighted by molar-refractivity contribution is 0.397. The minimum Gasteiger partial charge on any atom is -0.203 e. The Labute approximate surface area is 451 Å². The van der Waals surface area contributed by atoms with Gasteiger partial charge in [-0.15, -0.1) is 45.3 Å². The van der Waals surface area contributed by atoms with Gasteiger partial charge in [-0.25, -0.2) is 8.78 Å². The third-order valence-corrected chi connectivity index (χ3v) is 20.3. The van der Waals surface area contributed by atoms with Crippen LogP contribution < -0.4 is 0 Å². The number of hydrogen-bond donors (Lipinski definition) is 0. The number of benzene rings is 1. The first-order valence-electron chi connectivity index (χ1n) is 29.6. The zero-order valence-electron chi connectivity index (χ0n) is 45.0. The smallest absolute Gasteiger partial charge is 0.170 e. The molecule has 9 heteroatoms. The molecule has 0 saturated carbocycles. The average molecular weight is 1060 g/mol. The highest BCUT2D eigenvalue weighted by Crippen LogP contribution is 2.60. The van der Waals surface area contributed by atoms with E-state index in [1.54, 1.807) is 21.7 Å². The normalized spacial score (nSPS) is 13.0. The van der Waals surface area contributed by atoms with Gasteiger partial charge in [0.1, 0.15) is 11.0 Å². The number of halogens is 2. The fraction of sp³-hybridized carbons (Fsp3) is 0.651. The van der Waals surface area contributed by atoms with Crippen molar-refractivity contribution in [3.63, 3.8) is 0 Å². The summed E-state index contributed by atoms with van der Waals surface area (Å²) < 4.78 is 33.1. The third-order valence-electron chi connectivity index (χ3n) is 15.9. The molecule has 0 atom stereocenters. The largest absolute Gasteiger partial charge is 0.203 e. The Kier molecular flexibility index (Phi) is 24.8. The van der Waals surface area contributed by atoms with Crippen LogP contribution in [0, 0.1) is 11.6 Å². The lowest BCUT2D eigenvalue weighted by Crippen LogP contribution is -2.24. The van der Waals surface area contributed by atoms with Crippen LogP contribution in [-0.2, 0) is 12.0 Å². The van der Waals surface area contributed by atoms with Crippen LogP contribution in [0.4, 0.5) is 8.78 Å². The predicted molar refractivity (Wildman–Crippen MR) is 315 cm³/mol. The molecule has 72 heavy (non-hydrogen) atoms. The van der Waals surface area contributed by atoms with Gasteiger partial charge in [-0.2, -0.15) is 15.0 Å². The van der Waals surface area contributed by atoms with Crippen LogP contribution in [0.3, 0.4) is 0 Å². The van der Waals surface area contributed by atoms with Crippen molar-refractivity contribution >= 4 is 56.4 Å². The molecule has 0 unspecified atom stereocenters. The number of hydrogen-bond acceptors (Lipinski definition) is 6. The minimum absolute atomic E-state index is 0.0429. The lowest BCUT2D eigenvalue weighted by atomic mass is 9.71. The van der Waals surface area contributed by atoms with Gasteiger partial charge in [0.2, 0.25) is 0 Å². The number of thiophene rings is 4. The van der Waals surface area contributed by atoms with Gasteiger partial charge in [0.05, 0.1) is 17.7 Å². The van der Waals surface area contributed by atoms with E-state index in [1.165, 1.54) is 250 Å². The first-order chi connectivity index (χ1) is 35.5. The molecule has 0 aliphatic heterocycles. The molecular weight excluding hydrogens is 965 g/mol. The Hall–Kier alpha value is -2.72. The zero-order chi connectivity index (χ0) is 50.2. The third kappa shape index (κ3) is 15.7. The summed E-state index contributed by atoms with van der Waals surface area (Å²) in [6.45, 7) is 7.47. The van der Waals surface area contributed by atoms with E-state index in [9.17, 15) is 0 Å². The summed E-state index contributed by atoms with van der Waals surface area (Å²) in [7, 11) is 0. The first kappa shape index (κ1) is 57.0. The van der Waals surface area contributed by atoms with Crippen molar-refractivity contribution in [2.24, 2.45) is 0 Å². The van der Waals surface area contributed by atoms with E-state index in [1.807, 2.05) is 46.3 Å². The summed E-state index contributed by atoms with van der Waals surface area (Å²) in [5, 5.41) is 14.0. The second-order valence-corrected chi connectivity index (χ2v) is 25.6. The summed E-state index contributed by atoms with van der Waals surface area (Å²) in [6, 6.07) is 12.8. The van der Waals surface area contributed by atoms with Crippen molar-refractivity contribution in [2.45, 2.75) is 264 Å². The van der Waals surface area contributed by atoms with Crippen molar-refractivity contribution in [3.05, 3.63) is 69.9 Å². The minimum atomic E-state index is -0.835. The molecule has 1 aliphatic rings. The molecule has 396 valence electrons. The van der Waals surface area contributed by atoms with Crippen molar-refractivity contribution in [1.29, 1.82) is 0 Å². The zero-order valence-corrected chi connectivity index (χ0v) is 48.3. The van der Waals surface area contributed by atoms with Gasteiger partial charge < -0.3 is 0 Å². The summed E-state index contributed by atoms with van der Waals surface area (Å²) in [5.74, 6) is -1.67. The Morgan fingerprint density at radius 2 is 0.861 bits per heavy atom. The quantitative estimate of drug-likeness (QED) is 0.0359. The maximum atomic E-state index is 16.7. The number of rotatable bonds is 40. The number of unbranched alkanes of at least 4 members (excludes halogenated alkanes) is 31. The molecule has 0 spiro atoms. The SMILES string of the molecule is CCCCCCCCCCCCCCCCC1(CCCCCCCCCCCCCCCC)c2ccsc2-c2sc(-c3ccc(-c4c(F)c(F)c(-c5cccs5)c5nn(CCCCCCCC)nc45)s3)cc21. The molecule has 1 aliphatic carbocycles. The van der Waals surface area contributed by atoms with Crippen molar-refractivity contribution in [2.75, 3.05) is 0 Å².